The van der Waals surface area contributed by atoms with Crippen LogP contribution < -0.4 is 16.0 Å². The zero-order valence-electron chi connectivity index (χ0n) is 16.2. The first-order chi connectivity index (χ1) is 14.9. The first-order valence-corrected chi connectivity index (χ1v) is 9.74. The van der Waals surface area contributed by atoms with Gasteiger partial charge in [-0.3, -0.25) is 14.5 Å². The van der Waals surface area contributed by atoms with E-state index in [1.54, 1.807) is 0 Å². The van der Waals surface area contributed by atoms with Crippen LogP contribution in [0.15, 0.2) is 65.1 Å². The number of carbonyl (C=O) groups excluding carboxylic acids is 2. The van der Waals surface area contributed by atoms with Gasteiger partial charge < -0.3 is 11.1 Å². The van der Waals surface area contributed by atoms with Gasteiger partial charge in [-0.15, -0.1) is 0 Å². The molecule has 0 bridgehead atoms. The van der Waals surface area contributed by atoms with E-state index in [0.717, 1.165) is 6.07 Å². The molecule has 1 aliphatic carbocycles. The van der Waals surface area contributed by atoms with E-state index in [2.05, 4.69) is 5.32 Å². The highest BCUT2D eigenvalue weighted by molar-refractivity contribution is 6.19. The fraction of sp³-hybridized carbons (Fsp3) is 0.174. The number of nitriles is 1. The molecule has 2 aromatic carbocycles. The van der Waals surface area contributed by atoms with Crippen molar-refractivity contribution in [2.45, 2.75) is 24.7 Å². The summed E-state index contributed by atoms with van der Waals surface area (Å²) < 4.78 is 27.8. The molecule has 0 aromatic heterocycles. The number of hydrogen-bond acceptors (Lipinski definition) is 5. The first kappa shape index (κ1) is 19.0. The third-order valence-electron chi connectivity index (χ3n) is 6.07. The minimum atomic E-state index is -1.82. The van der Waals surface area contributed by atoms with Crippen LogP contribution in [0.2, 0.25) is 0 Å². The second-order valence-electron chi connectivity index (χ2n) is 7.68. The maximum Gasteiger partial charge on any atom is 0.245 e. The molecule has 1 atom stereocenters. The molecular formula is C23H16F2N4O2. The standard InChI is InChI=1S/C23H16F2N4O2/c24-12-4-7-14(8-5-12)29-18-2-1-3-19(30)20(18)23(16(11-26)21(29)27)15-10-13(25)6-9-17(15)28-22(23)31/h4-10H,1-3,27H2,(H,28,31)/t23-/m1/s1. The summed E-state index contributed by atoms with van der Waals surface area (Å²) in [6.07, 6.45) is 1.13. The Balaban J connectivity index is 1.88. The molecule has 3 N–H and O–H groups in total. The SMILES string of the molecule is N#CC1=C(N)N(c2ccc(F)cc2)C2=C(C(=O)CCC2)[C@]12C(=O)Nc1ccc(F)cc12. The van der Waals surface area contributed by atoms with Gasteiger partial charge in [0.1, 0.15) is 28.9 Å². The average Bonchev–Trinajstić information content (AvgIpc) is 3.02. The number of amides is 1. The fourth-order valence-electron chi connectivity index (χ4n) is 4.85. The molecule has 0 fully saturated rings. The largest absolute Gasteiger partial charge is 0.384 e. The smallest absolute Gasteiger partial charge is 0.245 e. The average molecular weight is 418 g/mol. The highest BCUT2D eigenvalue weighted by Crippen LogP contribution is 2.55. The van der Waals surface area contributed by atoms with Crippen LogP contribution >= 0.6 is 0 Å². The van der Waals surface area contributed by atoms with Crippen LogP contribution in [-0.4, -0.2) is 11.7 Å². The van der Waals surface area contributed by atoms with Crippen LogP contribution in [0.3, 0.4) is 0 Å². The van der Waals surface area contributed by atoms with E-state index in [1.807, 2.05) is 6.07 Å². The number of Topliss-reactive ketones (excluding diaryl/α,β-unsaturated/α-hetero) is 1. The minimum absolute atomic E-state index is 0.0465. The first-order valence-electron chi connectivity index (χ1n) is 9.74. The van der Waals surface area contributed by atoms with E-state index < -0.39 is 23.0 Å². The summed E-state index contributed by atoms with van der Waals surface area (Å²) in [5, 5.41) is 12.8. The Morgan fingerprint density at radius 1 is 1.06 bits per heavy atom. The number of benzene rings is 2. The second-order valence-corrected chi connectivity index (χ2v) is 7.68. The Labute approximate surface area is 176 Å². The number of ketones is 1. The van der Waals surface area contributed by atoms with Gasteiger partial charge in [0.25, 0.3) is 0 Å². The maximum atomic E-state index is 14.2. The molecule has 154 valence electrons. The molecule has 31 heavy (non-hydrogen) atoms. The van der Waals surface area contributed by atoms with Crippen molar-refractivity contribution in [3.8, 4) is 6.07 Å². The topological polar surface area (TPSA) is 99.2 Å². The maximum absolute atomic E-state index is 14.2. The second kappa shape index (κ2) is 6.51. The third kappa shape index (κ3) is 2.40. The van der Waals surface area contributed by atoms with Crippen molar-refractivity contribution >= 4 is 23.1 Å². The van der Waals surface area contributed by atoms with Crippen molar-refractivity contribution in [3.05, 3.63) is 82.3 Å². The number of nitrogens with zero attached hydrogens (tertiary/aromatic N) is 2. The Morgan fingerprint density at radius 2 is 1.77 bits per heavy atom. The summed E-state index contributed by atoms with van der Waals surface area (Å²) in [7, 11) is 0. The molecule has 2 aliphatic heterocycles. The third-order valence-corrected chi connectivity index (χ3v) is 6.07. The molecule has 0 radical (unpaired) electrons. The number of hydrogen-bond donors (Lipinski definition) is 2. The van der Waals surface area contributed by atoms with Crippen molar-refractivity contribution < 1.29 is 18.4 Å². The molecule has 2 heterocycles. The molecule has 3 aliphatic rings. The normalized spacial score (nSPS) is 22.4. The zero-order valence-corrected chi connectivity index (χ0v) is 16.2. The summed E-state index contributed by atoms with van der Waals surface area (Å²) in [5.74, 6) is -2.02. The summed E-state index contributed by atoms with van der Waals surface area (Å²) >= 11 is 0. The lowest BCUT2D eigenvalue weighted by Gasteiger charge is -2.43. The molecule has 6 nitrogen and oxygen atoms in total. The molecule has 1 amide bonds. The molecule has 2 aromatic rings. The lowest BCUT2D eigenvalue weighted by molar-refractivity contribution is -0.122. The Hall–Kier alpha value is -3.99. The number of anilines is 2. The predicted molar refractivity (Wildman–Crippen MR) is 108 cm³/mol. The summed E-state index contributed by atoms with van der Waals surface area (Å²) in [6, 6.07) is 11.2. The number of nitrogens with one attached hydrogen (secondary N) is 1. The highest BCUT2D eigenvalue weighted by atomic mass is 19.1. The molecule has 0 saturated heterocycles. The fourth-order valence-corrected chi connectivity index (χ4v) is 4.85. The number of nitrogens with two attached hydrogens (primary N) is 1. The lowest BCUT2D eigenvalue weighted by atomic mass is 9.64. The van der Waals surface area contributed by atoms with Gasteiger partial charge in [-0.1, -0.05) is 0 Å². The van der Waals surface area contributed by atoms with Gasteiger partial charge in [-0.05, 0) is 55.3 Å². The minimum Gasteiger partial charge on any atom is -0.384 e. The van der Waals surface area contributed by atoms with Gasteiger partial charge in [0.15, 0.2) is 5.78 Å². The predicted octanol–water partition coefficient (Wildman–Crippen LogP) is 3.38. The quantitative estimate of drug-likeness (QED) is 0.740. The Morgan fingerprint density at radius 3 is 2.48 bits per heavy atom. The Bertz CT molecular complexity index is 1270. The van der Waals surface area contributed by atoms with Gasteiger partial charge in [0, 0.05) is 34.6 Å². The molecule has 1 spiro atoms. The van der Waals surface area contributed by atoms with Gasteiger partial charge in [-0.25, -0.2) is 8.78 Å². The van der Waals surface area contributed by atoms with Crippen molar-refractivity contribution in [2.75, 3.05) is 10.2 Å². The lowest BCUT2D eigenvalue weighted by Crippen LogP contribution is -2.50. The van der Waals surface area contributed by atoms with Crippen molar-refractivity contribution in [3.63, 3.8) is 0 Å². The number of rotatable bonds is 1. The monoisotopic (exact) mass is 418 g/mol. The molecule has 0 saturated carbocycles. The van der Waals surface area contributed by atoms with Crippen LogP contribution in [-0.2, 0) is 15.0 Å². The molecular weight excluding hydrogens is 402 g/mol. The molecule has 0 unspecified atom stereocenters. The summed E-state index contributed by atoms with van der Waals surface area (Å²) in [4.78, 5) is 28.2. The number of allylic oxidation sites excluding steroid dienone is 1. The van der Waals surface area contributed by atoms with Crippen molar-refractivity contribution in [2.24, 2.45) is 5.73 Å². The molecule has 8 heteroatoms. The van der Waals surface area contributed by atoms with Crippen molar-refractivity contribution in [1.82, 2.24) is 0 Å². The summed E-state index contributed by atoms with van der Waals surface area (Å²) in [6.45, 7) is 0. The van der Waals surface area contributed by atoms with E-state index >= 15 is 0 Å². The van der Waals surface area contributed by atoms with E-state index in [1.165, 1.54) is 41.3 Å². The number of carbonyl (C=O) groups is 2. The van der Waals surface area contributed by atoms with Gasteiger partial charge in [0.05, 0.1) is 5.57 Å². The van der Waals surface area contributed by atoms with E-state index in [4.69, 9.17) is 5.73 Å². The van der Waals surface area contributed by atoms with Crippen LogP contribution in [0.5, 0.6) is 0 Å². The van der Waals surface area contributed by atoms with Crippen LogP contribution in [0.4, 0.5) is 20.2 Å². The van der Waals surface area contributed by atoms with E-state index in [-0.39, 0.29) is 34.7 Å². The number of fused-ring (bicyclic) bond motifs is 3. The van der Waals surface area contributed by atoms with Gasteiger partial charge >= 0.3 is 0 Å². The van der Waals surface area contributed by atoms with Crippen LogP contribution in [0.1, 0.15) is 24.8 Å². The Kier molecular flexibility index (Phi) is 3.99. The van der Waals surface area contributed by atoms with Gasteiger partial charge in [-0.2, -0.15) is 5.26 Å². The van der Waals surface area contributed by atoms with E-state index in [9.17, 15) is 23.6 Å². The van der Waals surface area contributed by atoms with Crippen LogP contribution in [0, 0.1) is 23.0 Å². The summed E-state index contributed by atoms with van der Waals surface area (Å²) in [5.41, 5.74) is 6.02. The molecule has 5 rings (SSSR count). The highest BCUT2D eigenvalue weighted by Gasteiger charge is 2.60. The van der Waals surface area contributed by atoms with Crippen LogP contribution in [0.25, 0.3) is 0 Å². The number of halogens is 2. The zero-order chi connectivity index (χ0) is 21.9. The van der Waals surface area contributed by atoms with E-state index in [0.29, 0.717) is 29.9 Å². The van der Waals surface area contributed by atoms with Gasteiger partial charge in [0.2, 0.25) is 5.91 Å². The van der Waals surface area contributed by atoms with Crippen molar-refractivity contribution in [1.29, 1.82) is 5.26 Å².